The molecule has 3 heteroatoms. The van der Waals surface area contributed by atoms with Crippen LogP contribution in [0.3, 0.4) is 0 Å². The number of aldehydes is 1. The summed E-state index contributed by atoms with van der Waals surface area (Å²) in [5.41, 5.74) is 4.25. The molecule has 0 aromatic heterocycles. The molecule has 0 aliphatic heterocycles. The molecule has 0 bridgehead atoms. The summed E-state index contributed by atoms with van der Waals surface area (Å²) in [5.74, 6) is 0. The number of nitriles is 1. The van der Waals surface area contributed by atoms with Gasteiger partial charge in [0, 0.05) is 11.6 Å². The molecule has 2 aromatic carbocycles. The van der Waals surface area contributed by atoms with Crippen LogP contribution in [0.5, 0.6) is 0 Å². The lowest BCUT2D eigenvalue weighted by Gasteiger charge is -2.20. The van der Waals surface area contributed by atoms with Gasteiger partial charge >= 0.3 is 0 Å². The lowest BCUT2D eigenvalue weighted by molar-refractivity contribution is 0.112. The lowest BCUT2D eigenvalue weighted by Crippen LogP contribution is -2.18. The van der Waals surface area contributed by atoms with E-state index in [4.69, 9.17) is 5.26 Å². The van der Waals surface area contributed by atoms with Crippen LogP contribution in [0, 0.1) is 11.3 Å². The number of hydrogen-bond donors (Lipinski definition) is 1. The summed E-state index contributed by atoms with van der Waals surface area (Å²) in [6, 6.07) is 17.1. The second-order valence-electron chi connectivity index (χ2n) is 5.08. The van der Waals surface area contributed by atoms with Crippen molar-refractivity contribution < 1.29 is 4.79 Å². The van der Waals surface area contributed by atoms with Crippen molar-refractivity contribution in [2.45, 2.75) is 12.5 Å². The third kappa shape index (κ3) is 3.49. The van der Waals surface area contributed by atoms with Gasteiger partial charge in [-0.3, -0.25) is 4.79 Å². The van der Waals surface area contributed by atoms with E-state index in [0.717, 1.165) is 23.0 Å². The van der Waals surface area contributed by atoms with Gasteiger partial charge < -0.3 is 5.32 Å². The fraction of sp³-hybridized carbons (Fsp3) is 0.158. The zero-order chi connectivity index (χ0) is 15.9. The Morgan fingerprint density at radius 3 is 2.55 bits per heavy atom. The van der Waals surface area contributed by atoms with E-state index in [1.165, 1.54) is 0 Å². The van der Waals surface area contributed by atoms with E-state index in [0.29, 0.717) is 17.5 Å². The summed E-state index contributed by atoms with van der Waals surface area (Å²) in [6.45, 7) is 4.14. The van der Waals surface area contributed by atoms with Crippen LogP contribution < -0.4 is 5.32 Å². The molecule has 22 heavy (non-hydrogen) atoms. The van der Waals surface area contributed by atoms with Crippen LogP contribution in [0.1, 0.15) is 39.5 Å². The van der Waals surface area contributed by atoms with Gasteiger partial charge in [0.2, 0.25) is 0 Å². The van der Waals surface area contributed by atoms with Gasteiger partial charge in [-0.25, -0.2) is 0 Å². The number of rotatable bonds is 6. The Morgan fingerprint density at radius 2 is 1.95 bits per heavy atom. The first-order chi connectivity index (χ1) is 10.7. The normalized spacial score (nSPS) is 11.5. The van der Waals surface area contributed by atoms with Crippen molar-refractivity contribution in [2.24, 2.45) is 0 Å². The van der Waals surface area contributed by atoms with Crippen LogP contribution >= 0.6 is 0 Å². The molecule has 2 rings (SSSR count). The van der Waals surface area contributed by atoms with E-state index in [2.05, 4.69) is 18.0 Å². The van der Waals surface area contributed by atoms with Gasteiger partial charge in [-0.15, -0.1) is 0 Å². The molecule has 1 N–H and O–H groups in total. The van der Waals surface area contributed by atoms with Gasteiger partial charge in [0.15, 0.2) is 0 Å². The Kier molecular flexibility index (Phi) is 5.24. The highest BCUT2D eigenvalue weighted by Gasteiger charge is 2.15. The fourth-order valence-corrected chi connectivity index (χ4v) is 2.45. The zero-order valence-electron chi connectivity index (χ0n) is 12.5. The molecule has 1 atom stereocenters. The fourth-order valence-electron chi connectivity index (χ4n) is 2.45. The molecule has 1 unspecified atom stereocenters. The number of benzene rings is 2. The van der Waals surface area contributed by atoms with Gasteiger partial charge in [0.1, 0.15) is 6.29 Å². The molecular formula is C19H18N2O. The van der Waals surface area contributed by atoms with E-state index in [1.807, 2.05) is 43.4 Å². The number of carbonyl (C=O) groups is 1. The third-order valence-electron chi connectivity index (χ3n) is 3.72. The molecule has 0 radical (unpaired) electrons. The van der Waals surface area contributed by atoms with Gasteiger partial charge in [-0.1, -0.05) is 43.0 Å². The van der Waals surface area contributed by atoms with Crippen LogP contribution in [0.2, 0.25) is 0 Å². The molecule has 2 aromatic rings. The van der Waals surface area contributed by atoms with Crippen LogP contribution in [-0.4, -0.2) is 13.3 Å². The molecule has 0 saturated heterocycles. The number of carbonyl (C=O) groups excluding carboxylic acids is 1. The molecule has 0 aliphatic carbocycles. The van der Waals surface area contributed by atoms with Crippen molar-refractivity contribution >= 4 is 11.9 Å². The van der Waals surface area contributed by atoms with Crippen LogP contribution in [0.25, 0.3) is 5.57 Å². The highest BCUT2D eigenvalue weighted by Crippen LogP contribution is 2.27. The van der Waals surface area contributed by atoms with Crippen molar-refractivity contribution in [1.29, 1.82) is 5.26 Å². The average molecular weight is 290 g/mol. The van der Waals surface area contributed by atoms with Crippen molar-refractivity contribution in [3.8, 4) is 6.07 Å². The molecule has 0 spiro atoms. The minimum atomic E-state index is 0.0181. The summed E-state index contributed by atoms with van der Waals surface area (Å²) < 4.78 is 0. The Labute approximate surface area is 130 Å². The van der Waals surface area contributed by atoms with Crippen molar-refractivity contribution in [3.63, 3.8) is 0 Å². The molecule has 0 fully saturated rings. The maximum Gasteiger partial charge on any atom is 0.150 e. The molecule has 110 valence electrons. The number of hydrogen-bond acceptors (Lipinski definition) is 3. The maximum atomic E-state index is 11.2. The molecular weight excluding hydrogens is 272 g/mol. The van der Waals surface area contributed by atoms with E-state index in [-0.39, 0.29) is 6.04 Å². The molecule has 3 nitrogen and oxygen atoms in total. The summed E-state index contributed by atoms with van der Waals surface area (Å²) in [4.78, 5) is 11.2. The van der Waals surface area contributed by atoms with Crippen LogP contribution in [0.15, 0.2) is 55.1 Å². The Balaban J connectivity index is 2.20. The quantitative estimate of drug-likeness (QED) is 0.825. The third-order valence-corrected chi connectivity index (χ3v) is 3.72. The van der Waals surface area contributed by atoms with Gasteiger partial charge in [-0.05, 0) is 42.3 Å². The second kappa shape index (κ2) is 7.35. The Hall–Kier alpha value is -2.70. The predicted molar refractivity (Wildman–Crippen MR) is 88.4 cm³/mol. The SMILES string of the molecule is C=C(CC(NC)c1ccccc1C=O)c1ccc(C#N)cc1. The first kappa shape index (κ1) is 15.7. The van der Waals surface area contributed by atoms with Crippen molar-refractivity contribution in [1.82, 2.24) is 5.32 Å². The first-order valence-corrected chi connectivity index (χ1v) is 7.09. The Morgan fingerprint density at radius 1 is 1.27 bits per heavy atom. The van der Waals surface area contributed by atoms with Gasteiger partial charge in [0.05, 0.1) is 11.6 Å². The smallest absolute Gasteiger partial charge is 0.150 e. The largest absolute Gasteiger partial charge is 0.313 e. The average Bonchev–Trinajstić information content (AvgIpc) is 2.59. The van der Waals surface area contributed by atoms with Crippen molar-refractivity contribution in [3.05, 3.63) is 77.4 Å². The maximum absolute atomic E-state index is 11.2. The summed E-state index contributed by atoms with van der Waals surface area (Å²) in [7, 11) is 1.87. The van der Waals surface area contributed by atoms with E-state index in [1.54, 1.807) is 12.1 Å². The molecule has 0 saturated carbocycles. The van der Waals surface area contributed by atoms with Crippen LogP contribution in [0.4, 0.5) is 0 Å². The zero-order valence-corrected chi connectivity index (χ0v) is 12.5. The minimum absolute atomic E-state index is 0.0181. The Bertz CT molecular complexity index is 711. The summed E-state index contributed by atoms with van der Waals surface area (Å²) in [6.07, 6.45) is 1.57. The lowest BCUT2D eigenvalue weighted by atomic mass is 9.92. The van der Waals surface area contributed by atoms with Gasteiger partial charge in [0.25, 0.3) is 0 Å². The summed E-state index contributed by atoms with van der Waals surface area (Å²) in [5, 5.41) is 12.1. The highest BCUT2D eigenvalue weighted by atomic mass is 16.1. The van der Waals surface area contributed by atoms with Crippen molar-refractivity contribution in [2.75, 3.05) is 7.05 Å². The molecule has 0 heterocycles. The topological polar surface area (TPSA) is 52.9 Å². The van der Waals surface area contributed by atoms with Crippen LogP contribution in [-0.2, 0) is 0 Å². The minimum Gasteiger partial charge on any atom is -0.313 e. The molecule has 0 aliphatic rings. The van der Waals surface area contributed by atoms with Gasteiger partial charge in [-0.2, -0.15) is 5.26 Å². The monoisotopic (exact) mass is 290 g/mol. The standard InChI is InChI=1S/C19H18N2O/c1-14(16-9-7-15(12-20)8-10-16)11-19(21-2)18-6-4-3-5-17(18)13-22/h3-10,13,19,21H,1,11H2,2H3. The number of nitrogens with zero attached hydrogens (tertiary/aromatic N) is 1. The van der Waals surface area contributed by atoms with E-state index >= 15 is 0 Å². The number of nitrogens with one attached hydrogen (secondary N) is 1. The van der Waals surface area contributed by atoms with E-state index in [9.17, 15) is 4.79 Å². The highest BCUT2D eigenvalue weighted by molar-refractivity contribution is 5.78. The second-order valence-corrected chi connectivity index (χ2v) is 5.08. The first-order valence-electron chi connectivity index (χ1n) is 7.09. The van der Waals surface area contributed by atoms with E-state index < -0.39 is 0 Å². The molecule has 0 amide bonds. The summed E-state index contributed by atoms with van der Waals surface area (Å²) >= 11 is 0. The predicted octanol–water partition coefficient (Wildman–Crippen LogP) is 3.73.